The van der Waals surface area contributed by atoms with E-state index >= 15 is 0 Å². The molecule has 228 valence electrons. The van der Waals surface area contributed by atoms with Crippen LogP contribution in [-0.2, 0) is 22.9 Å². The second-order valence-electron chi connectivity index (χ2n) is 11.7. The van der Waals surface area contributed by atoms with E-state index in [-0.39, 0.29) is 10.0 Å². The molecule has 0 unspecified atom stereocenters. The molecule has 4 aromatic rings. The molecular formula is C24H37N8O6S2Si2+. The molecule has 4 rings (SSSR count). The number of nitro groups is 2. The molecule has 18 heteroatoms. The van der Waals surface area contributed by atoms with Crippen molar-refractivity contribution in [1.29, 1.82) is 0 Å². The molecule has 0 saturated heterocycles. The minimum atomic E-state index is -1.10. The van der Waals surface area contributed by atoms with E-state index in [0.717, 1.165) is 46.2 Å². The van der Waals surface area contributed by atoms with E-state index in [2.05, 4.69) is 59.4 Å². The Hall–Kier alpha value is -3.17. The van der Waals surface area contributed by atoms with E-state index in [4.69, 9.17) is 9.47 Å². The van der Waals surface area contributed by atoms with Gasteiger partial charge in [-0.1, -0.05) is 62.0 Å². The van der Waals surface area contributed by atoms with E-state index in [1.807, 2.05) is 0 Å². The first-order valence-electron chi connectivity index (χ1n) is 13.2. The Morgan fingerprint density at radius 3 is 2.02 bits per heavy atom. The van der Waals surface area contributed by atoms with Gasteiger partial charge in [-0.15, -0.1) is 9.78 Å². The Balaban J connectivity index is 0.000000230. The quantitative estimate of drug-likeness (QED) is 0.0575. The number of hydrogen-bond acceptors (Lipinski definition) is 11. The van der Waals surface area contributed by atoms with Crippen LogP contribution in [-0.4, -0.2) is 64.1 Å². The van der Waals surface area contributed by atoms with Crippen LogP contribution in [0.15, 0.2) is 36.9 Å². The normalized spacial score (nSPS) is 11.8. The molecule has 0 aliphatic carbocycles. The van der Waals surface area contributed by atoms with Crippen LogP contribution < -0.4 is 4.68 Å². The fraction of sp³-hybridized carbons (Fsp3) is 0.500. The summed E-state index contributed by atoms with van der Waals surface area (Å²) in [7, 11) is -2.18. The van der Waals surface area contributed by atoms with E-state index in [9.17, 15) is 20.2 Å². The van der Waals surface area contributed by atoms with Crippen LogP contribution in [0.1, 0.15) is 0 Å². The molecule has 14 nitrogen and oxygen atoms in total. The number of ether oxygens (including phenoxy) is 2. The summed E-state index contributed by atoms with van der Waals surface area (Å²) in [6, 6.07) is 8.52. The van der Waals surface area contributed by atoms with Crippen LogP contribution in [0.2, 0.25) is 51.4 Å². The Kier molecular flexibility index (Phi) is 11.8. The number of aromatic amines is 1. The zero-order chi connectivity index (χ0) is 30.9. The van der Waals surface area contributed by atoms with Crippen LogP contribution in [0.5, 0.6) is 0 Å². The fourth-order valence-electron chi connectivity index (χ4n) is 3.22. The predicted molar refractivity (Wildman–Crippen MR) is 167 cm³/mol. The number of aromatic nitrogens is 6. The maximum Gasteiger partial charge on any atom is 0.363 e. The summed E-state index contributed by atoms with van der Waals surface area (Å²) in [5.74, 6) is 1.14. The monoisotopic (exact) mass is 653 g/mol. The summed E-state index contributed by atoms with van der Waals surface area (Å²) in [5.41, 5.74) is 0. The van der Waals surface area contributed by atoms with Gasteiger partial charge in [0.15, 0.2) is 5.82 Å². The number of hydrogen-bond donors (Lipinski definition) is 1. The van der Waals surface area contributed by atoms with Crippen molar-refractivity contribution in [2.24, 2.45) is 0 Å². The Morgan fingerprint density at radius 2 is 1.45 bits per heavy atom. The zero-order valence-electron chi connectivity index (χ0n) is 24.6. The summed E-state index contributed by atoms with van der Waals surface area (Å²) in [6.07, 6.45) is 3.14. The molecule has 0 spiro atoms. The van der Waals surface area contributed by atoms with Crippen LogP contribution in [0.25, 0.3) is 21.4 Å². The SMILES string of the molecule is C[Si](C)(C)CCOC[n+]1[nH]cnc1-c1ccc([N+](=O)[O-])s1.C[Si](C)(C)CCOCn1cnc(-c2ccc([N+](=O)[O-])s2)n1. The number of rotatable bonds is 14. The first-order chi connectivity index (χ1) is 19.7. The lowest BCUT2D eigenvalue weighted by Gasteiger charge is -2.15. The lowest BCUT2D eigenvalue weighted by Crippen LogP contribution is -2.39. The fourth-order valence-corrected chi connectivity index (χ4v) is 6.31. The van der Waals surface area contributed by atoms with Gasteiger partial charge in [0.2, 0.25) is 13.1 Å². The molecule has 0 aromatic carbocycles. The van der Waals surface area contributed by atoms with E-state index < -0.39 is 26.0 Å². The van der Waals surface area contributed by atoms with Crippen molar-refractivity contribution in [2.45, 2.75) is 64.8 Å². The molecule has 4 aromatic heterocycles. The lowest BCUT2D eigenvalue weighted by atomic mass is 10.4. The minimum absolute atomic E-state index is 0.0905. The van der Waals surface area contributed by atoms with Gasteiger partial charge in [-0.2, -0.15) is 5.10 Å². The maximum absolute atomic E-state index is 10.7. The van der Waals surface area contributed by atoms with Crippen molar-refractivity contribution in [3.05, 3.63) is 57.1 Å². The molecule has 4 heterocycles. The van der Waals surface area contributed by atoms with Crippen molar-refractivity contribution in [3.63, 3.8) is 0 Å². The summed E-state index contributed by atoms with van der Waals surface area (Å²) < 4.78 is 14.6. The Morgan fingerprint density at radius 1 is 0.881 bits per heavy atom. The molecule has 0 atom stereocenters. The van der Waals surface area contributed by atoms with E-state index in [0.29, 0.717) is 36.6 Å². The maximum atomic E-state index is 10.7. The Labute approximate surface area is 253 Å². The van der Waals surface area contributed by atoms with Crippen molar-refractivity contribution >= 4 is 48.8 Å². The highest BCUT2D eigenvalue weighted by atomic mass is 32.1. The van der Waals surface area contributed by atoms with E-state index in [1.54, 1.807) is 34.2 Å². The van der Waals surface area contributed by atoms with Gasteiger partial charge < -0.3 is 9.47 Å². The highest BCUT2D eigenvalue weighted by Crippen LogP contribution is 2.31. The van der Waals surface area contributed by atoms with Gasteiger partial charge >= 0.3 is 15.8 Å². The number of thiophene rings is 2. The van der Waals surface area contributed by atoms with Crippen LogP contribution in [0.4, 0.5) is 10.0 Å². The van der Waals surface area contributed by atoms with Gasteiger partial charge in [0.1, 0.15) is 17.9 Å². The van der Waals surface area contributed by atoms with Crippen LogP contribution in [0.3, 0.4) is 0 Å². The molecule has 0 aliphatic heterocycles. The first-order valence-corrected chi connectivity index (χ1v) is 22.2. The smallest absolute Gasteiger partial charge is 0.359 e. The summed E-state index contributed by atoms with van der Waals surface area (Å²) in [5, 5.41) is 28.8. The van der Waals surface area contributed by atoms with Gasteiger partial charge in [-0.25, -0.2) is 9.67 Å². The number of H-pyrrole nitrogens is 1. The summed E-state index contributed by atoms with van der Waals surface area (Å²) in [6.45, 7) is 16.0. The third-order valence-corrected chi connectivity index (χ3v) is 11.1. The third-order valence-electron chi connectivity index (χ3n) is 5.61. The largest absolute Gasteiger partial charge is 0.363 e. The highest BCUT2D eigenvalue weighted by molar-refractivity contribution is 7.18. The lowest BCUT2D eigenvalue weighted by molar-refractivity contribution is -0.772. The number of nitrogens with zero attached hydrogens (tertiary/aromatic N) is 7. The predicted octanol–water partition coefficient (Wildman–Crippen LogP) is 5.87. The molecular weight excluding hydrogens is 617 g/mol. The molecule has 42 heavy (non-hydrogen) atoms. The van der Waals surface area contributed by atoms with Crippen LogP contribution >= 0.6 is 22.7 Å². The van der Waals surface area contributed by atoms with Crippen molar-refractivity contribution < 1.29 is 24.0 Å². The second kappa shape index (κ2) is 14.8. The van der Waals surface area contributed by atoms with Gasteiger partial charge in [0.05, 0.1) is 14.7 Å². The van der Waals surface area contributed by atoms with Crippen molar-refractivity contribution in [1.82, 2.24) is 24.8 Å². The number of nitrogens with one attached hydrogen (secondary N) is 1. The molecule has 0 aliphatic rings. The van der Waals surface area contributed by atoms with Gasteiger partial charge in [0.25, 0.3) is 0 Å². The third kappa shape index (κ3) is 10.9. The average Bonchev–Trinajstić information content (AvgIpc) is 3.70. The van der Waals surface area contributed by atoms with Crippen molar-refractivity contribution in [2.75, 3.05) is 13.2 Å². The zero-order valence-corrected chi connectivity index (χ0v) is 28.2. The first kappa shape index (κ1) is 33.3. The molecule has 0 fully saturated rings. The summed E-state index contributed by atoms with van der Waals surface area (Å²) in [4.78, 5) is 30.4. The van der Waals surface area contributed by atoms with Gasteiger partial charge in [-0.3, -0.25) is 20.2 Å². The van der Waals surface area contributed by atoms with E-state index in [1.165, 1.54) is 12.1 Å². The van der Waals surface area contributed by atoms with Crippen LogP contribution in [0, 0.1) is 20.2 Å². The molecule has 0 amide bonds. The summed E-state index contributed by atoms with van der Waals surface area (Å²) >= 11 is 2.17. The van der Waals surface area contributed by atoms with Gasteiger partial charge in [0, 0.05) is 41.5 Å². The highest BCUT2D eigenvalue weighted by Gasteiger charge is 2.22. The topological polar surface area (TPSA) is 168 Å². The molecule has 0 saturated carbocycles. The van der Waals surface area contributed by atoms with Crippen molar-refractivity contribution in [3.8, 4) is 21.4 Å². The minimum Gasteiger partial charge on any atom is -0.359 e. The molecule has 0 radical (unpaired) electrons. The molecule has 1 N–H and O–H groups in total. The Bertz CT molecular complexity index is 1460. The second-order valence-corrected chi connectivity index (χ2v) is 25.1. The average molecular weight is 654 g/mol. The van der Waals surface area contributed by atoms with Gasteiger partial charge in [-0.05, 0) is 29.2 Å². The molecule has 0 bridgehead atoms. The standard InChI is InChI=1S/2C12H18N4O3SSi/c1-21(2,3)7-6-19-9-15-8-13-12(14-15)10-4-5-11(20-10)16(17)18;1-21(2,3)7-6-19-9-15-12(13-8-14-15)10-4-5-11(20-10)16(17)18/h2*4-5,8H,6-7,9H2,1-3H3/p+1.